The number of hydrogen-bond donors (Lipinski definition) is 0. The lowest BCUT2D eigenvalue weighted by Gasteiger charge is -2.09. The number of halogens is 5. The predicted octanol–water partition coefficient (Wildman–Crippen LogP) is 4.21. The summed E-state index contributed by atoms with van der Waals surface area (Å²) >= 11 is 0. The molecule has 0 fully saturated rings. The molecule has 0 aliphatic rings. The highest BCUT2D eigenvalue weighted by Crippen LogP contribution is 2.30. The van der Waals surface area contributed by atoms with Crippen LogP contribution in [0.1, 0.15) is 21.5 Å². The lowest BCUT2D eigenvalue weighted by atomic mass is 10.0. The molecule has 0 N–H and O–H groups in total. The Morgan fingerprint density at radius 2 is 1.45 bits per heavy atom. The van der Waals surface area contributed by atoms with E-state index in [0.29, 0.717) is 6.07 Å². The van der Waals surface area contributed by atoms with E-state index in [1.807, 2.05) is 0 Å². The van der Waals surface area contributed by atoms with E-state index in [4.69, 9.17) is 0 Å². The van der Waals surface area contributed by atoms with Gasteiger partial charge < -0.3 is 0 Å². The molecular weight excluding hydrogens is 279 g/mol. The van der Waals surface area contributed by atoms with Crippen LogP contribution in [-0.4, -0.2) is 5.78 Å². The third kappa shape index (κ3) is 2.68. The fraction of sp³-hybridized carbons (Fsp3) is 0.0714. The van der Waals surface area contributed by atoms with E-state index < -0.39 is 40.3 Å². The number of rotatable bonds is 2. The summed E-state index contributed by atoms with van der Waals surface area (Å²) in [5, 5.41) is 0. The lowest BCUT2D eigenvalue weighted by Crippen LogP contribution is -2.10. The van der Waals surface area contributed by atoms with Crippen molar-refractivity contribution >= 4 is 5.78 Å². The first kappa shape index (κ1) is 14.2. The maximum absolute atomic E-state index is 13.4. The second-order valence-electron chi connectivity index (χ2n) is 4.00. The van der Waals surface area contributed by atoms with Gasteiger partial charge in [0.1, 0.15) is 11.6 Å². The minimum Gasteiger partial charge on any atom is -0.288 e. The number of alkyl halides is 3. The molecule has 0 heterocycles. The second kappa shape index (κ2) is 5.03. The zero-order chi connectivity index (χ0) is 14.9. The van der Waals surface area contributed by atoms with E-state index in [1.54, 1.807) is 0 Å². The van der Waals surface area contributed by atoms with Gasteiger partial charge in [0.2, 0.25) is 0 Å². The van der Waals surface area contributed by atoms with Gasteiger partial charge >= 0.3 is 6.18 Å². The van der Waals surface area contributed by atoms with E-state index in [9.17, 15) is 26.7 Å². The molecular formula is C14H7F5O. The van der Waals surface area contributed by atoms with Crippen molar-refractivity contribution in [2.45, 2.75) is 6.18 Å². The average Bonchev–Trinajstić information content (AvgIpc) is 2.37. The van der Waals surface area contributed by atoms with Crippen LogP contribution in [0.3, 0.4) is 0 Å². The molecule has 2 aromatic rings. The molecule has 0 spiro atoms. The van der Waals surface area contributed by atoms with Crippen LogP contribution in [0, 0.1) is 11.6 Å². The van der Waals surface area contributed by atoms with Crippen LogP contribution in [-0.2, 0) is 6.18 Å². The number of hydrogen-bond acceptors (Lipinski definition) is 1. The highest BCUT2D eigenvalue weighted by atomic mass is 19.4. The zero-order valence-electron chi connectivity index (χ0n) is 9.84. The Hall–Kier alpha value is -2.24. The maximum atomic E-state index is 13.4. The van der Waals surface area contributed by atoms with Crippen LogP contribution in [0.25, 0.3) is 0 Å². The van der Waals surface area contributed by atoms with Crippen LogP contribution in [0.15, 0.2) is 42.5 Å². The van der Waals surface area contributed by atoms with E-state index in [0.717, 1.165) is 36.4 Å². The molecule has 0 amide bonds. The van der Waals surface area contributed by atoms with Crippen molar-refractivity contribution < 1.29 is 26.7 Å². The van der Waals surface area contributed by atoms with Gasteiger partial charge in [-0.25, -0.2) is 8.78 Å². The molecule has 104 valence electrons. The smallest absolute Gasteiger partial charge is 0.288 e. The first-order chi connectivity index (χ1) is 9.30. The first-order valence-corrected chi connectivity index (χ1v) is 5.46. The summed E-state index contributed by atoms with van der Waals surface area (Å²) < 4.78 is 64.5. The third-order valence-electron chi connectivity index (χ3n) is 2.64. The van der Waals surface area contributed by atoms with E-state index >= 15 is 0 Å². The molecule has 1 nitrogen and oxygen atoms in total. The van der Waals surface area contributed by atoms with Gasteiger partial charge in [0.05, 0.1) is 11.1 Å². The van der Waals surface area contributed by atoms with E-state index in [-0.39, 0.29) is 0 Å². The highest BCUT2D eigenvalue weighted by molar-refractivity contribution is 6.09. The topological polar surface area (TPSA) is 17.1 Å². The molecule has 6 heteroatoms. The Labute approximate surface area is 110 Å². The van der Waals surface area contributed by atoms with Gasteiger partial charge in [-0.2, -0.15) is 13.2 Å². The Morgan fingerprint density at radius 3 is 2.00 bits per heavy atom. The van der Waals surface area contributed by atoms with Crippen molar-refractivity contribution in [1.82, 2.24) is 0 Å². The summed E-state index contributed by atoms with van der Waals surface area (Å²) in [6.45, 7) is 0. The summed E-state index contributed by atoms with van der Waals surface area (Å²) in [5.74, 6) is -3.37. The molecule has 0 unspecified atom stereocenters. The molecule has 0 aliphatic carbocycles. The Morgan fingerprint density at radius 1 is 0.900 bits per heavy atom. The monoisotopic (exact) mass is 286 g/mol. The van der Waals surface area contributed by atoms with E-state index in [2.05, 4.69) is 0 Å². The summed E-state index contributed by atoms with van der Waals surface area (Å²) in [7, 11) is 0. The maximum Gasteiger partial charge on any atom is 0.416 e. The van der Waals surface area contributed by atoms with Crippen molar-refractivity contribution in [1.29, 1.82) is 0 Å². The van der Waals surface area contributed by atoms with Crippen LogP contribution in [0.5, 0.6) is 0 Å². The molecule has 0 atom stereocenters. The van der Waals surface area contributed by atoms with Gasteiger partial charge in [-0.1, -0.05) is 18.2 Å². The minimum atomic E-state index is -4.63. The number of ketones is 1. The molecule has 2 aromatic carbocycles. The molecule has 0 aromatic heterocycles. The Balaban J connectivity index is 2.50. The molecule has 0 radical (unpaired) electrons. The summed E-state index contributed by atoms with van der Waals surface area (Å²) in [4.78, 5) is 11.9. The first-order valence-electron chi connectivity index (χ1n) is 5.46. The SMILES string of the molecule is O=C(c1cccc(C(F)(F)F)c1)c1c(F)cccc1F. The van der Waals surface area contributed by atoms with Gasteiger partial charge in [-0.3, -0.25) is 4.79 Å². The molecule has 0 aliphatic heterocycles. The number of carbonyl (C=O) groups is 1. The van der Waals surface area contributed by atoms with Crippen LogP contribution in [0.2, 0.25) is 0 Å². The largest absolute Gasteiger partial charge is 0.416 e. The quantitative estimate of drug-likeness (QED) is 0.597. The van der Waals surface area contributed by atoms with Gasteiger partial charge in [-0.05, 0) is 24.3 Å². The standard InChI is InChI=1S/C14H7F5O/c15-10-5-2-6-11(16)12(10)13(20)8-3-1-4-9(7-8)14(17,18)19/h1-7H. The molecule has 2 rings (SSSR count). The van der Waals surface area contributed by atoms with Gasteiger partial charge in [-0.15, -0.1) is 0 Å². The Kier molecular flexibility index (Phi) is 3.57. The van der Waals surface area contributed by atoms with Crippen molar-refractivity contribution in [2.75, 3.05) is 0 Å². The fourth-order valence-electron chi connectivity index (χ4n) is 1.70. The number of benzene rings is 2. The predicted molar refractivity (Wildman–Crippen MR) is 61.2 cm³/mol. The van der Waals surface area contributed by atoms with Crippen LogP contribution < -0.4 is 0 Å². The zero-order valence-corrected chi connectivity index (χ0v) is 9.84. The fourth-order valence-corrected chi connectivity index (χ4v) is 1.70. The van der Waals surface area contributed by atoms with Crippen molar-refractivity contribution in [3.8, 4) is 0 Å². The van der Waals surface area contributed by atoms with Crippen molar-refractivity contribution in [3.63, 3.8) is 0 Å². The normalized spacial score (nSPS) is 11.4. The van der Waals surface area contributed by atoms with Crippen molar-refractivity contribution in [2.24, 2.45) is 0 Å². The van der Waals surface area contributed by atoms with Gasteiger partial charge in [0, 0.05) is 5.56 Å². The third-order valence-corrected chi connectivity index (χ3v) is 2.64. The summed E-state index contributed by atoms with van der Waals surface area (Å²) in [5.41, 5.74) is -2.35. The molecule has 20 heavy (non-hydrogen) atoms. The Bertz CT molecular complexity index is 641. The number of carbonyl (C=O) groups excluding carboxylic acids is 1. The van der Waals surface area contributed by atoms with Gasteiger partial charge in [0.15, 0.2) is 5.78 Å². The van der Waals surface area contributed by atoms with E-state index in [1.165, 1.54) is 0 Å². The minimum absolute atomic E-state index is 0.427. The molecule has 0 saturated heterocycles. The summed E-state index contributed by atoms with van der Waals surface area (Å²) in [6, 6.07) is 6.21. The summed E-state index contributed by atoms with van der Waals surface area (Å²) in [6.07, 6.45) is -4.63. The molecule has 0 saturated carbocycles. The molecule has 0 bridgehead atoms. The average molecular weight is 286 g/mol. The lowest BCUT2D eigenvalue weighted by molar-refractivity contribution is -0.137. The highest BCUT2D eigenvalue weighted by Gasteiger charge is 2.31. The van der Waals surface area contributed by atoms with Crippen LogP contribution >= 0.6 is 0 Å². The van der Waals surface area contributed by atoms with Gasteiger partial charge in [0.25, 0.3) is 0 Å². The van der Waals surface area contributed by atoms with Crippen LogP contribution in [0.4, 0.5) is 22.0 Å². The van der Waals surface area contributed by atoms with Crippen molar-refractivity contribution in [3.05, 3.63) is 70.8 Å². The second-order valence-corrected chi connectivity index (χ2v) is 4.00.